The van der Waals surface area contributed by atoms with Gasteiger partial charge in [0, 0.05) is 11.6 Å². The van der Waals surface area contributed by atoms with Crippen molar-refractivity contribution in [3.8, 4) is 5.75 Å². The molecule has 0 atom stereocenters. The second kappa shape index (κ2) is 5.22. The van der Waals surface area contributed by atoms with Crippen LogP contribution in [0.2, 0.25) is 5.15 Å². The first-order chi connectivity index (χ1) is 7.74. The van der Waals surface area contributed by atoms with Crippen LogP contribution in [0.1, 0.15) is 17.7 Å². The number of pyridine rings is 1. The first kappa shape index (κ1) is 14.2. The fourth-order valence-corrected chi connectivity index (χ4v) is 1.57. The van der Waals surface area contributed by atoms with Crippen molar-refractivity contribution in [2.24, 2.45) is 0 Å². The van der Waals surface area contributed by atoms with Crippen LogP contribution in [-0.2, 0) is 5.88 Å². The molecule has 1 rings (SSSR count). The highest BCUT2D eigenvalue weighted by Crippen LogP contribution is 2.34. The molecule has 0 N–H and O–H groups in total. The Morgan fingerprint density at radius 1 is 1.35 bits per heavy atom. The molecule has 2 nitrogen and oxygen atoms in total. The van der Waals surface area contributed by atoms with E-state index in [1.807, 2.05) is 0 Å². The summed E-state index contributed by atoms with van der Waals surface area (Å²) in [6, 6.07) is 0.460. The van der Waals surface area contributed by atoms with Gasteiger partial charge in [-0.05, 0) is 0 Å². The van der Waals surface area contributed by atoms with E-state index in [0.29, 0.717) is 6.07 Å². The first-order valence-electron chi connectivity index (χ1n) is 4.03. The van der Waals surface area contributed by atoms with Crippen LogP contribution in [0.5, 0.6) is 5.75 Å². The Hall–Kier alpha value is -0.820. The second-order valence-corrected chi connectivity index (χ2v) is 3.42. The lowest BCUT2D eigenvalue weighted by Gasteiger charge is -2.14. The minimum absolute atomic E-state index is 0.296. The van der Waals surface area contributed by atoms with Gasteiger partial charge in [0.1, 0.15) is 16.6 Å². The third kappa shape index (κ3) is 3.85. The highest BCUT2D eigenvalue weighted by molar-refractivity contribution is 6.31. The number of alkyl halides is 6. The maximum atomic E-state index is 12.3. The minimum Gasteiger partial charge on any atom is -0.405 e. The van der Waals surface area contributed by atoms with Crippen molar-refractivity contribution in [1.29, 1.82) is 0 Å². The molecule has 17 heavy (non-hydrogen) atoms. The summed E-state index contributed by atoms with van der Waals surface area (Å²) in [7, 11) is 0. The average molecular weight is 296 g/mol. The van der Waals surface area contributed by atoms with Gasteiger partial charge in [-0.2, -0.15) is 0 Å². The standard InChI is InChI=1S/C8H4Cl2F5NO/c9-2-3-5(17-8(13,14)15)1-4(7(11)12)16-6(3)10/h1,7H,2H2. The Labute approximate surface area is 102 Å². The predicted octanol–water partition coefficient (Wildman–Crippen LogP) is 4.31. The van der Waals surface area contributed by atoms with Crippen LogP contribution in [0, 0.1) is 0 Å². The number of rotatable bonds is 3. The Balaban J connectivity index is 3.24. The van der Waals surface area contributed by atoms with E-state index in [4.69, 9.17) is 23.2 Å². The van der Waals surface area contributed by atoms with Crippen LogP contribution in [0.15, 0.2) is 6.07 Å². The Morgan fingerprint density at radius 2 is 1.94 bits per heavy atom. The quantitative estimate of drug-likeness (QED) is 0.471. The summed E-state index contributed by atoms with van der Waals surface area (Å²) < 4.78 is 64.2. The molecule has 0 spiro atoms. The van der Waals surface area contributed by atoms with Crippen molar-refractivity contribution >= 4 is 23.2 Å². The number of hydrogen-bond donors (Lipinski definition) is 0. The molecule has 0 saturated carbocycles. The SMILES string of the molecule is FC(F)c1cc(OC(F)(F)F)c(CCl)c(Cl)n1. The normalized spacial score (nSPS) is 12.0. The van der Waals surface area contributed by atoms with E-state index < -0.39 is 35.3 Å². The Bertz CT molecular complexity index is 410. The number of aromatic nitrogens is 1. The maximum Gasteiger partial charge on any atom is 0.573 e. The van der Waals surface area contributed by atoms with E-state index in [1.54, 1.807) is 0 Å². The number of nitrogens with zero attached hydrogens (tertiary/aromatic N) is 1. The van der Waals surface area contributed by atoms with E-state index in [9.17, 15) is 22.0 Å². The summed E-state index contributed by atoms with van der Waals surface area (Å²) in [5.41, 5.74) is -1.21. The third-order valence-corrected chi connectivity index (χ3v) is 2.22. The summed E-state index contributed by atoms with van der Waals surface area (Å²) in [4.78, 5) is 3.22. The van der Waals surface area contributed by atoms with Crippen LogP contribution < -0.4 is 4.74 Å². The lowest BCUT2D eigenvalue weighted by Crippen LogP contribution is -2.18. The summed E-state index contributed by atoms with van der Waals surface area (Å²) in [5, 5.41) is -0.544. The van der Waals surface area contributed by atoms with Gasteiger partial charge in [0.25, 0.3) is 6.43 Å². The van der Waals surface area contributed by atoms with Crippen LogP contribution in [0.25, 0.3) is 0 Å². The van der Waals surface area contributed by atoms with Crippen LogP contribution >= 0.6 is 23.2 Å². The topological polar surface area (TPSA) is 22.1 Å². The zero-order chi connectivity index (χ0) is 13.2. The fraction of sp³-hybridized carbons (Fsp3) is 0.375. The Kier molecular flexibility index (Phi) is 4.37. The third-order valence-electron chi connectivity index (χ3n) is 1.64. The average Bonchev–Trinajstić information content (AvgIpc) is 2.14. The van der Waals surface area contributed by atoms with Crippen molar-refractivity contribution in [3.63, 3.8) is 0 Å². The van der Waals surface area contributed by atoms with Gasteiger partial charge < -0.3 is 4.74 Å². The van der Waals surface area contributed by atoms with Gasteiger partial charge in [0.2, 0.25) is 0 Å². The van der Waals surface area contributed by atoms with Crippen LogP contribution in [-0.4, -0.2) is 11.3 Å². The second-order valence-electron chi connectivity index (χ2n) is 2.80. The smallest absolute Gasteiger partial charge is 0.405 e. The number of ether oxygens (including phenoxy) is 1. The molecule has 0 aliphatic heterocycles. The molecule has 0 amide bonds. The molecule has 0 fully saturated rings. The zero-order valence-corrected chi connectivity index (χ0v) is 9.37. The van der Waals surface area contributed by atoms with Crippen molar-refractivity contribution in [3.05, 3.63) is 22.5 Å². The molecular formula is C8H4Cl2F5NO. The first-order valence-corrected chi connectivity index (χ1v) is 4.95. The van der Waals surface area contributed by atoms with Crippen LogP contribution in [0.3, 0.4) is 0 Å². The summed E-state index contributed by atoms with van der Waals surface area (Å²) in [6.45, 7) is 0. The van der Waals surface area contributed by atoms with Crippen molar-refractivity contribution in [2.75, 3.05) is 0 Å². The molecule has 0 aliphatic carbocycles. The van der Waals surface area contributed by atoms with Crippen molar-refractivity contribution < 1.29 is 26.7 Å². The van der Waals surface area contributed by atoms with E-state index in [2.05, 4.69) is 9.72 Å². The highest BCUT2D eigenvalue weighted by Gasteiger charge is 2.33. The molecule has 0 aromatic carbocycles. The lowest BCUT2D eigenvalue weighted by atomic mass is 10.2. The van der Waals surface area contributed by atoms with Crippen molar-refractivity contribution in [2.45, 2.75) is 18.7 Å². The number of halogens is 7. The summed E-state index contributed by atoms with van der Waals surface area (Å²) >= 11 is 10.8. The summed E-state index contributed by atoms with van der Waals surface area (Å²) in [6.07, 6.45) is -8.09. The van der Waals surface area contributed by atoms with E-state index in [0.717, 1.165) is 0 Å². The van der Waals surface area contributed by atoms with Gasteiger partial charge in [-0.3, -0.25) is 0 Å². The molecule has 0 bridgehead atoms. The molecular weight excluding hydrogens is 292 g/mol. The molecule has 1 aromatic heterocycles. The summed E-state index contributed by atoms with van der Waals surface area (Å²) in [5.74, 6) is -1.32. The van der Waals surface area contributed by atoms with E-state index in [1.165, 1.54) is 0 Å². The zero-order valence-electron chi connectivity index (χ0n) is 7.86. The van der Waals surface area contributed by atoms with Crippen molar-refractivity contribution in [1.82, 2.24) is 4.98 Å². The maximum absolute atomic E-state index is 12.3. The van der Waals surface area contributed by atoms with E-state index in [-0.39, 0.29) is 5.56 Å². The molecule has 0 saturated heterocycles. The molecule has 0 radical (unpaired) electrons. The largest absolute Gasteiger partial charge is 0.573 e. The number of hydrogen-bond acceptors (Lipinski definition) is 2. The molecule has 0 aliphatic rings. The van der Waals surface area contributed by atoms with Gasteiger partial charge >= 0.3 is 6.36 Å². The Morgan fingerprint density at radius 3 is 2.35 bits per heavy atom. The minimum atomic E-state index is -5.02. The molecule has 96 valence electrons. The van der Waals surface area contributed by atoms with Gasteiger partial charge in [-0.25, -0.2) is 13.8 Å². The monoisotopic (exact) mass is 295 g/mol. The molecule has 1 heterocycles. The van der Waals surface area contributed by atoms with E-state index >= 15 is 0 Å². The van der Waals surface area contributed by atoms with Gasteiger partial charge in [0.05, 0.1) is 5.88 Å². The predicted molar refractivity (Wildman–Crippen MR) is 50.4 cm³/mol. The molecule has 0 unspecified atom stereocenters. The fourth-order valence-electron chi connectivity index (χ4n) is 0.985. The van der Waals surface area contributed by atoms with Crippen LogP contribution in [0.4, 0.5) is 22.0 Å². The highest BCUT2D eigenvalue weighted by atomic mass is 35.5. The van der Waals surface area contributed by atoms with Gasteiger partial charge in [-0.15, -0.1) is 24.8 Å². The van der Waals surface area contributed by atoms with Gasteiger partial charge in [-0.1, -0.05) is 11.6 Å². The lowest BCUT2D eigenvalue weighted by molar-refractivity contribution is -0.274. The van der Waals surface area contributed by atoms with Gasteiger partial charge in [0.15, 0.2) is 0 Å². The molecule has 1 aromatic rings. The molecule has 9 heteroatoms.